The van der Waals surface area contributed by atoms with Crippen LogP contribution >= 0.6 is 22.6 Å². The number of halogens is 6. The van der Waals surface area contributed by atoms with Crippen LogP contribution in [0.1, 0.15) is 15.9 Å². The molecule has 0 aliphatic carbocycles. The SMILES string of the molecule is FC(F)(F)C(F)(F)CC(I)c1ccccc1. The Labute approximate surface area is 103 Å². The normalized spacial score (nSPS) is 14.9. The van der Waals surface area contributed by atoms with Gasteiger partial charge in [-0.1, -0.05) is 52.9 Å². The second kappa shape index (κ2) is 4.85. The number of benzene rings is 1. The van der Waals surface area contributed by atoms with Gasteiger partial charge in [0.25, 0.3) is 0 Å². The Hall–Kier alpha value is -0.400. The van der Waals surface area contributed by atoms with Gasteiger partial charge >= 0.3 is 12.1 Å². The molecule has 0 aromatic heterocycles. The molecule has 0 radical (unpaired) electrons. The molecular weight excluding hydrogens is 342 g/mol. The fraction of sp³-hybridized carbons (Fsp3) is 0.400. The molecule has 6 heteroatoms. The van der Waals surface area contributed by atoms with Gasteiger partial charge in [0.2, 0.25) is 0 Å². The topological polar surface area (TPSA) is 0 Å². The lowest BCUT2D eigenvalue weighted by atomic mass is 10.1. The van der Waals surface area contributed by atoms with Gasteiger partial charge in [-0.15, -0.1) is 0 Å². The van der Waals surface area contributed by atoms with Gasteiger partial charge in [0.15, 0.2) is 0 Å². The van der Waals surface area contributed by atoms with Crippen LogP contribution in [0.5, 0.6) is 0 Å². The van der Waals surface area contributed by atoms with E-state index in [4.69, 9.17) is 0 Å². The minimum Gasteiger partial charge on any atom is -0.196 e. The van der Waals surface area contributed by atoms with Crippen molar-refractivity contribution in [2.24, 2.45) is 0 Å². The van der Waals surface area contributed by atoms with E-state index in [1.165, 1.54) is 12.1 Å². The van der Waals surface area contributed by atoms with Crippen LogP contribution in [-0.2, 0) is 0 Å². The Bertz CT molecular complexity index is 333. The lowest BCUT2D eigenvalue weighted by molar-refractivity contribution is -0.283. The van der Waals surface area contributed by atoms with E-state index in [1.807, 2.05) is 0 Å². The van der Waals surface area contributed by atoms with Crippen LogP contribution < -0.4 is 0 Å². The third-order valence-corrected chi connectivity index (χ3v) is 3.17. The maximum Gasteiger partial charge on any atom is 0.453 e. The Balaban J connectivity index is 2.76. The van der Waals surface area contributed by atoms with E-state index < -0.39 is 22.4 Å². The first-order valence-electron chi connectivity index (χ1n) is 4.37. The van der Waals surface area contributed by atoms with Crippen molar-refractivity contribution in [1.29, 1.82) is 0 Å². The predicted octanol–water partition coefficient (Wildman–Crippen LogP) is 4.75. The summed E-state index contributed by atoms with van der Waals surface area (Å²) < 4.78 is 60.5. The number of hydrogen-bond acceptors (Lipinski definition) is 0. The molecule has 16 heavy (non-hydrogen) atoms. The molecule has 0 saturated heterocycles. The summed E-state index contributed by atoms with van der Waals surface area (Å²) in [7, 11) is 0. The van der Waals surface area contributed by atoms with Gasteiger partial charge in [-0.05, 0) is 5.56 Å². The second-order valence-corrected chi connectivity index (χ2v) is 4.79. The summed E-state index contributed by atoms with van der Waals surface area (Å²) in [6.07, 6.45) is -6.72. The van der Waals surface area contributed by atoms with Crippen LogP contribution in [0.3, 0.4) is 0 Å². The van der Waals surface area contributed by atoms with Gasteiger partial charge in [0, 0.05) is 10.3 Å². The molecule has 0 N–H and O–H groups in total. The molecule has 0 amide bonds. The molecule has 1 unspecified atom stereocenters. The highest BCUT2D eigenvalue weighted by molar-refractivity contribution is 14.1. The maximum atomic E-state index is 12.7. The maximum absolute atomic E-state index is 12.7. The summed E-state index contributed by atoms with van der Waals surface area (Å²) in [5.74, 6) is -4.64. The molecule has 0 spiro atoms. The largest absolute Gasteiger partial charge is 0.453 e. The fourth-order valence-electron chi connectivity index (χ4n) is 1.12. The number of rotatable bonds is 3. The highest BCUT2D eigenvalue weighted by Gasteiger charge is 2.57. The van der Waals surface area contributed by atoms with E-state index in [-0.39, 0.29) is 0 Å². The Morgan fingerprint density at radius 2 is 1.50 bits per heavy atom. The van der Waals surface area contributed by atoms with Crippen molar-refractivity contribution < 1.29 is 22.0 Å². The quantitative estimate of drug-likeness (QED) is 0.419. The van der Waals surface area contributed by atoms with Crippen molar-refractivity contribution in [2.45, 2.75) is 22.4 Å². The van der Waals surface area contributed by atoms with E-state index in [0.29, 0.717) is 5.56 Å². The Morgan fingerprint density at radius 3 is 1.94 bits per heavy atom. The third-order valence-electron chi connectivity index (χ3n) is 2.01. The lowest BCUT2D eigenvalue weighted by Gasteiger charge is -2.22. The van der Waals surface area contributed by atoms with Crippen LogP contribution in [0.15, 0.2) is 30.3 Å². The summed E-state index contributed by atoms with van der Waals surface area (Å²) in [4.78, 5) is 0. The molecule has 90 valence electrons. The van der Waals surface area contributed by atoms with Gasteiger partial charge in [-0.2, -0.15) is 22.0 Å². The molecule has 0 bridgehead atoms. The van der Waals surface area contributed by atoms with Crippen LogP contribution in [0.2, 0.25) is 0 Å². The van der Waals surface area contributed by atoms with E-state index in [1.54, 1.807) is 40.8 Å². The molecule has 1 atom stereocenters. The van der Waals surface area contributed by atoms with E-state index in [9.17, 15) is 22.0 Å². The monoisotopic (exact) mass is 350 g/mol. The van der Waals surface area contributed by atoms with Crippen molar-refractivity contribution in [3.63, 3.8) is 0 Å². The molecule has 1 rings (SSSR count). The van der Waals surface area contributed by atoms with Crippen LogP contribution in [0.4, 0.5) is 22.0 Å². The summed E-state index contributed by atoms with van der Waals surface area (Å²) in [6, 6.07) is 7.95. The highest BCUT2D eigenvalue weighted by atomic mass is 127. The summed E-state index contributed by atoms with van der Waals surface area (Å²) in [5, 5.41) is 0. The van der Waals surface area contributed by atoms with Crippen molar-refractivity contribution in [3.8, 4) is 0 Å². The molecular formula is C10H8F5I. The van der Waals surface area contributed by atoms with Crippen LogP contribution in [0, 0.1) is 0 Å². The predicted molar refractivity (Wildman–Crippen MR) is 58.8 cm³/mol. The standard InChI is InChI=1S/C10H8F5I/c11-9(12,10(13,14)15)6-8(16)7-4-2-1-3-5-7/h1-5,8H,6H2. The second-order valence-electron chi connectivity index (χ2n) is 3.28. The summed E-state index contributed by atoms with van der Waals surface area (Å²) in [6.45, 7) is 0. The van der Waals surface area contributed by atoms with Crippen LogP contribution in [-0.4, -0.2) is 12.1 Å². The van der Waals surface area contributed by atoms with Crippen molar-refractivity contribution >= 4 is 22.6 Å². The number of alkyl halides is 6. The summed E-state index contributed by atoms with van der Waals surface area (Å²) >= 11 is 1.59. The van der Waals surface area contributed by atoms with Gasteiger partial charge in [-0.3, -0.25) is 0 Å². The molecule has 0 heterocycles. The number of hydrogen-bond donors (Lipinski definition) is 0. The molecule has 0 aliphatic heterocycles. The highest BCUT2D eigenvalue weighted by Crippen LogP contribution is 2.44. The first kappa shape index (κ1) is 13.7. The zero-order valence-electron chi connectivity index (χ0n) is 7.94. The van der Waals surface area contributed by atoms with Gasteiger partial charge in [0.1, 0.15) is 0 Å². The first-order valence-corrected chi connectivity index (χ1v) is 5.62. The zero-order chi connectivity index (χ0) is 12.4. The van der Waals surface area contributed by atoms with Crippen LogP contribution in [0.25, 0.3) is 0 Å². The minimum absolute atomic E-state index is 0.465. The molecule has 0 aliphatic rings. The average molecular weight is 350 g/mol. The van der Waals surface area contributed by atoms with Crippen molar-refractivity contribution in [2.75, 3.05) is 0 Å². The van der Waals surface area contributed by atoms with Crippen molar-refractivity contribution in [1.82, 2.24) is 0 Å². The third kappa shape index (κ3) is 3.29. The van der Waals surface area contributed by atoms with Gasteiger partial charge in [0.05, 0.1) is 0 Å². The molecule has 0 fully saturated rings. The smallest absolute Gasteiger partial charge is 0.196 e. The molecule has 0 nitrogen and oxygen atoms in total. The van der Waals surface area contributed by atoms with E-state index >= 15 is 0 Å². The minimum atomic E-state index is -5.48. The molecule has 0 saturated carbocycles. The van der Waals surface area contributed by atoms with E-state index in [2.05, 4.69) is 0 Å². The van der Waals surface area contributed by atoms with Crippen molar-refractivity contribution in [3.05, 3.63) is 35.9 Å². The molecule has 1 aromatic carbocycles. The average Bonchev–Trinajstić information content (AvgIpc) is 2.16. The Morgan fingerprint density at radius 1 is 1.00 bits per heavy atom. The van der Waals surface area contributed by atoms with Gasteiger partial charge in [-0.25, -0.2) is 0 Å². The first-order chi connectivity index (χ1) is 7.24. The zero-order valence-corrected chi connectivity index (χ0v) is 10.1. The lowest BCUT2D eigenvalue weighted by Crippen LogP contribution is -2.37. The summed E-state index contributed by atoms with van der Waals surface area (Å²) in [5.41, 5.74) is 0.465. The van der Waals surface area contributed by atoms with Gasteiger partial charge < -0.3 is 0 Å². The molecule has 1 aromatic rings. The fourth-order valence-corrected chi connectivity index (χ4v) is 2.09. The Kier molecular flexibility index (Phi) is 4.14. The van der Waals surface area contributed by atoms with E-state index in [0.717, 1.165) is 0 Å².